The summed E-state index contributed by atoms with van der Waals surface area (Å²) in [6, 6.07) is 12.7. The van der Waals surface area contributed by atoms with Gasteiger partial charge in [-0.05, 0) is 72.7 Å². The van der Waals surface area contributed by atoms with E-state index in [1.54, 1.807) is 6.08 Å². The van der Waals surface area contributed by atoms with Crippen molar-refractivity contribution < 1.29 is 28.2 Å². The van der Waals surface area contributed by atoms with Crippen LogP contribution in [-0.2, 0) is 38.5 Å². The number of ether oxygens (including phenoxy) is 3. The lowest BCUT2D eigenvalue weighted by Gasteiger charge is -2.23. The van der Waals surface area contributed by atoms with Crippen molar-refractivity contribution in [2.45, 2.75) is 39.7 Å². The van der Waals surface area contributed by atoms with Crippen molar-refractivity contribution in [1.82, 2.24) is 9.97 Å². The van der Waals surface area contributed by atoms with Gasteiger partial charge < -0.3 is 19.2 Å². The normalized spacial score (nSPS) is 12.8. The van der Waals surface area contributed by atoms with E-state index < -0.39 is 17.8 Å². The van der Waals surface area contributed by atoms with Crippen LogP contribution in [0, 0.1) is 19.7 Å². The smallest absolute Gasteiger partial charge is 0.331 e. The average molecular weight is 529 g/mol. The van der Waals surface area contributed by atoms with Crippen LogP contribution in [0.25, 0.3) is 28.2 Å². The molecule has 1 N–H and O–H groups in total. The Labute approximate surface area is 225 Å². The third-order valence-electron chi connectivity index (χ3n) is 6.98. The lowest BCUT2D eigenvalue weighted by Crippen LogP contribution is -2.13. The standard InChI is InChI=1S/C31H29FN2O5/c1-18-22-10-7-13-38-30(22)26(32)15-23(18)29-24(16-28(36)37-3)19(2)33-31-25(29)14-21(34-31)11-12-27(35)39-17-20-8-5-4-6-9-20/h4-6,8-9,11-12,14-15H,7,10,13,16-17H2,1-3H3,(H,33,34)/b12-11+. The Morgan fingerprint density at radius 2 is 1.97 bits per heavy atom. The number of halogens is 1. The van der Waals surface area contributed by atoms with Crippen LogP contribution in [0.2, 0.25) is 0 Å². The third kappa shape index (κ3) is 5.41. The number of carbonyl (C=O) groups excluding carboxylic acids is 2. The minimum Gasteiger partial charge on any atom is -0.490 e. The molecule has 8 heteroatoms. The highest BCUT2D eigenvalue weighted by molar-refractivity contribution is 5.99. The second-order valence-corrected chi connectivity index (χ2v) is 9.51. The largest absolute Gasteiger partial charge is 0.490 e. The van der Waals surface area contributed by atoms with Gasteiger partial charge in [-0.3, -0.25) is 4.79 Å². The van der Waals surface area contributed by atoms with Crippen molar-refractivity contribution in [2.75, 3.05) is 13.7 Å². The van der Waals surface area contributed by atoms with Gasteiger partial charge in [0.25, 0.3) is 0 Å². The van der Waals surface area contributed by atoms with Gasteiger partial charge in [0.05, 0.1) is 20.1 Å². The Morgan fingerprint density at radius 1 is 1.18 bits per heavy atom. The molecule has 0 spiro atoms. The molecular weight excluding hydrogens is 499 g/mol. The number of methoxy groups -OCH3 is 1. The Hall–Kier alpha value is -4.46. The zero-order chi connectivity index (χ0) is 27.5. The number of hydrogen-bond donors (Lipinski definition) is 1. The van der Waals surface area contributed by atoms with E-state index in [1.807, 2.05) is 50.2 Å². The van der Waals surface area contributed by atoms with Gasteiger partial charge in [-0.25, -0.2) is 14.2 Å². The number of esters is 2. The number of benzene rings is 2. The first-order valence-electron chi connectivity index (χ1n) is 12.8. The van der Waals surface area contributed by atoms with Crippen molar-refractivity contribution in [1.29, 1.82) is 0 Å². The number of nitrogens with zero attached hydrogens (tertiary/aromatic N) is 1. The molecule has 0 unspecified atom stereocenters. The molecule has 3 heterocycles. The molecule has 1 aliphatic rings. The number of hydrogen-bond acceptors (Lipinski definition) is 6. The maximum atomic E-state index is 15.3. The van der Waals surface area contributed by atoms with Crippen molar-refractivity contribution in [3.05, 3.63) is 88.0 Å². The maximum absolute atomic E-state index is 15.3. The summed E-state index contributed by atoms with van der Waals surface area (Å²) < 4.78 is 31.2. The number of nitrogens with one attached hydrogen (secondary N) is 1. The minimum absolute atomic E-state index is 0.0165. The quantitative estimate of drug-likeness (QED) is 0.242. The number of H-pyrrole nitrogens is 1. The molecule has 1 aliphatic heterocycles. The van der Waals surface area contributed by atoms with E-state index in [0.717, 1.165) is 23.1 Å². The van der Waals surface area contributed by atoms with Crippen molar-refractivity contribution in [3.8, 4) is 16.9 Å². The van der Waals surface area contributed by atoms with Crippen molar-refractivity contribution in [3.63, 3.8) is 0 Å². The highest BCUT2D eigenvalue weighted by Gasteiger charge is 2.25. The highest BCUT2D eigenvalue weighted by atomic mass is 19.1. The third-order valence-corrected chi connectivity index (χ3v) is 6.98. The molecule has 200 valence electrons. The molecule has 4 aromatic rings. The fourth-order valence-electron chi connectivity index (χ4n) is 5.00. The van der Waals surface area contributed by atoms with Crippen LogP contribution in [0.1, 0.15) is 40.1 Å². The average Bonchev–Trinajstić information content (AvgIpc) is 3.36. The lowest BCUT2D eigenvalue weighted by molar-refractivity contribution is -0.140. The number of aryl methyl sites for hydroxylation is 1. The summed E-state index contributed by atoms with van der Waals surface area (Å²) in [5.74, 6) is -1.04. The van der Waals surface area contributed by atoms with E-state index in [9.17, 15) is 9.59 Å². The summed E-state index contributed by atoms with van der Waals surface area (Å²) in [5.41, 5.74) is 6.45. The van der Waals surface area contributed by atoms with Gasteiger partial charge in [-0.15, -0.1) is 0 Å². The molecular formula is C31H29FN2O5. The fraction of sp³-hybridized carbons (Fsp3) is 0.258. The second kappa shape index (κ2) is 11.1. The molecule has 39 heavy (non-hydrogen) atoms. The summed E-state index contributed by atoms with van der Waals surface area (Å²) in [6.45, 7) is 4.41. The van der Waals surface area contributed by atoms with Gasteiger partial charge in [0, 0.05) is 28.4 Å². The van der Waals surface area contributed by atoms with E-state index in [1.165, 1.54) is 19.3 Å². The first kappa shape index (κ1) is 26.2. The molecule has 0 aliphatic carbocycles. The second-order valence-electron chi connectivity index (χ2n) is 9.51. The molecule has 0 atom stereocenters. The molecule has 5 rings (SSSR count). The monoisotopic (exact) mass is 528 g/mol. The SMILES string of the molecule is COC(=O)Cc1c(C)nc2[nH]c(/C=C/C(=O)OCc3ccccc3)cc2c1-c1cc(F)c2c(c1C)CCCO2. The van der Waals surface area contributed by atoms with Crippen molar-refractivity contribution in [2.24, 2.45) is 0 Å². The van der Waals surface area contributed by atoms with Crippen LogP contribution in [0.15, 0.2) is 48.5 Å². The van der Waals surface area contributed by atoms with Crippen LogP contribution in [0.4, 0.5) is 4.39 Å². The molecule has 7 nitrogen and oxygen atoms in total. The van der Waals surface area contributed by atoms with Gasteiger partial charge in [0.1, 0.15) is 12.3 Å². The fourth-order valence-corrected chi connectivity index (χ4v) is 5.00. The van der Waals surface area contributed by atoms with Crippen LogP contribution in [-0.4, -0.2) is 35.6 Å². The first-order chi connectivity index (χ1) is 18.9. The number of aromatic amines is 1. The lowest BCUT2D eigenvalue weighted by atomic mass is 9.87. The summed E-state index contributed by atoms with van der Waals surface area (Å²) in [4.78, 5) is 32.6. The predicted molar refractivity (Wildman–Crippen MR) is 146 cm³/mol. The van der Waals surface area contributed by atoms with E-state index in [-0.39, 0.29) is 13.0 Å². The Balaban J connectivity index is 1.56. The van der Waals surface area contributed by atoms with Crippen LogP contribution >= 0.6 is 0 Å². The molecule has 0 bridgehead atoms. The number of carbonyl (C=O) groups is 2. The summed E-state index contributed by atoms with van der Waals surface area (Å²) in [5, 5.41) is 0.705. The van der Waals surface area contributed by atoms with Crippen molar-refractivity contribution >= 4 is 29.0 Å². The van der Waals surface area contributed by atoms with Gasteiger partial charge >= 0.3 is 11.9 Å². The molecule has 0 radical (unpaired) electrons. The number of pyridine rings is 1. The Morgan fingerprint density at radius 3 is 2.74 bits per heavy atom. The molecule has 0 saturated heterocycles. The number of aromatic nitrogens is 2. The topological polar surface area (TPSA) is 90.5 Å². The van der Waals surface area contributed by atoms with Crippen LogP contribution in [0.5, 0.6) is 5.75 Å². The molecule has 2 aromatic heterocycles. The Bertz CT molecular complexity index is 1590. The zero-order valence-corrected chi connectivity index (χ0v) is 22.1. The minimum atomic E-state index is -0.485. The summed E-state index contributed by atoms with van der Waals surface area (Å²) in [6.07, 6.45) is 4.45. The summed E-state index contributed by atoms with van der Waals surface area (Å²) >= 11 is 0. The molecule has 0 amide bonds. The van der Waals surface area contributed by atoms with Crippen LogP contribution < -0.4 is 4.74 Å². The van der Waals surface area contributed by atoms with Gasteiger partial charge in [-0.1, -0.05) is 30.3 Å². The molecule has 2 aromatic carbocycles. The predicted octanol–water partition coefficient (Wildman–Crippen LogP) is 5.78. The Kier molecular flexibility index (Phi) is 7.45. The summed E-state index contributed by atoms with van der Waals surface area (Å²) in [7, 11) is 1.33. The number of fused-ring (bicyclic) bond motifs is 2. The van der Waals surface area contributed by atoms with E-state index in [0.29, 0.717) is 57.9 Å². The van der Waals surface area contributed by atoms with E-state index in [4.69, 9.17) is 14.2 Å². The first-order valence-corrected chi connectivity index (χ1v) is 12.8. The van der Waals surface area contributed by atoms with Crippen LogP contribution in [0.3, 0.4) is 0 Å². The van der Waals surface area contributed by atoms with Gasteiger partial charge in [0.2, 0.25) is 0 Å². The number of rotatable bonds is 7. The van der Waals surface area contributed by atoms with Gasteiger partial charge in [-0.2, -0.15) is 0 Å². The highest BCUT2D eigenvalue weighted by Crippen LogP contribution is 2.41. The maximum Gasteiger partial charge on any atom is 0.331 e. The van der Waals surface area contributed by atoms with E-state index in [2.05, 4.69) is 9.97 Å². The molecule has 0 saturated carbocycles. The zero-order valence-electron chi connectivity index (χ0n) is 22.1. The van der Waals surface area contributed by atoms with E-state index >= 15 is 4.39 Å². The molecule has 0 fully saturated rings. The van der Waals surface area contributed by atoms with Gasteiger partial charge in [0.15, 0.2) is 11.6 Å².